The van der Waals surface area contributed by atoms with Crippen molar-refractivity contribution in [1.29, 1.82) is 5.26 Å². The Balaban J connectivity index is 1.74. The summed E-state index contributed by atoms with van der Waals surface area (Å²) in [7, 11) is 1.77. The molecule has 8 nitrogen and oxygen atoms in total. The summed E-state index contributed by atoms with van der Waals surface area (Å²) < 4.78 is 9.27. The van der Waals surface area contributed by atoms with Gasteiger partial charge in [0.15, 0.2) is 0 Å². The van der Waals surface area contributed by atoms with Crippen molar-refractivity contribution in [3.05, 3.63) is 64.8 Å². The van der Waals surface area contributed by atoms with Gasteiger partial charge in [-0.1, -0.05) is 26.8 Å². The minimum atomic E-state index is -0.0488. The standard InChI is InChI=1S/C24H24N6O2/c1-24(2,3)14-30-20-8-5-15(11-21(20)29(4)23(30)31)19-7-6-18(26)22(28-19)32-17-9-10-27-16(12-17)13-25/h5-12H,14,26H2,1-4H3. The fourth-order valence-electron chi connectivity index (χ4n) is 3.54. The molecule has 0 aliphatic carbocycles. The van der Waals surface area contributed by atoms with Crippen molar-refractivity contribution in [2.45, 2.75) is 27.3 Å². The van der Waals surface area contributed by atoms with Crippen LogP contribution in [0.4, 0.5) is 5.69 Å². The van der Waals surface area contributed by atoms with Gasteiger partial charge in [0.05, 0.1) is 22.4 Å². The van der Waals surface area contributed by atoms with E-state index in [2.05, 4.69) is 30.7 Å². The third-order valence-corrected chi connectivity index (χ3v) is 5.02. The van der Waals surface area contributed by atoms with Crippen LogP contribution in [-0.2, 0) is 13.6 Å². The van der Waals surface area contributed by atoms with Crippen LogP contribution < -0.4 is 16.2 Å². The van der Waals surface area contributed by atoms with E-state index >= 15 is 0 Å². The summed E-state index contributed by atoms with van der Waals surface area (Å²) in [4.78, 5) is 21.3. The number of hydrogen-bond acceptors (Lipinski definition) is 6. The number of nitriles is 1. The van der Waals surface area contributed by atoms with E-state index in [0.717, 1.165) is 16.6 Å². The highest BCUT2D eigenvalue weighted by atomic mass is 16.5. The van der Waals surface area contributed by atoms with E-state index < -0.39 is 0 Å². The van der Waals surface area contributed by atoms with Gasteiger partial charge in [0.2, 0.25) is 5.88 Å². The number of aryl methyl sites for hydroxylation is 1. The number of aromatic nitrogens is 4. The molecule has 0 amide bonds. The fourth-order valence-corrected chi connectivity index (χ4v) is 3.54. The maximum atomic E-state index is 12.8. The van der Waals surface area contributed by atoms with Crippen LogP contribution in [0.2, 0.25) is 0 Å². The van der Waals surface area contributed by atoms with Crippen molar-refractivity contribution >= 4 is 16.7 Å². The highest BCUT2D eigenvalue weighted by Crippen LogP contribution is 2.30. The molecule has 0 fully saturated rings. The highest BCUT2D eigenvalue weighted by molar-refractivity contribution is 5.82. The van der Waals surface area contributed by atoms with E-state index in [4.69, 9.17) is 15.7 Å². The van der Waals surface area contributed by atoms with E-state index in [1.807, 2.05) is 24.3 Å². The lowest BCUT2D eigenvalue weighted by Crippen LogP contribution is -2.27. The maximum Gasteiger partial charge on any atom is 0.328 e. The summed E-state index contributed by atoms with van der Waals surface area (Å²) in [5.41, 5.74) is 9.79. The second-order valence-electron chi connectivity index (χ2n) is 8.87. The number of pyridine rings is 2. The Bertz CT molecular complexity index is 1420. The molecule has 0 saturated carbocycles. The molecule has 0 radical (unpaired) electrons. The SMILES string of the molecule is Cn1c(=O)n(CC(C)(C)C)c2ccc(-c3ccc(N)c(Oc4ccnc(C#N)c4)n3)cc21. The van der Waals surface area contributed by atoms with Crippen molar-refractivity contribution in [1.82, 2.24) is 19.1 Å². The van der Waals surface area contributed by atoms with Crippen LogP contribution in [0.1, 0.15) is 26.5 Å². The van der Waals surface area contributed by atoms with Crippen LogP contribution in [0, 0.1) is 16.7 Å². The second-order valence-corrected chi connectivity index (χ2v) is 8.87. The quantitative estimate of drug-likeness (QED) is 0.524. The molecule has 0 saturated heterocycles. The van der Waals surface area contributed by atoms with Gasteiger partial charge in [-0.3, -0.25) is 9.13 Å². The Hall–Kier alpha value is -4.12. The van der Waals surface area contributed by atoms with Crippen molar-refractivity contribution in [2.75, 3.05) is 5.73 Å². The Kier molecular flexibility index (Phi) is 5.18. The number of nitrogens with two attached hydrogens (primary N) is 1. The number of hydrogen-bond donors (Lipinski definition) is 1. The first-order chi connectivity index (χ1) is 15.2. The zero-order chi connectivity index (χ0) is 23.0. The van der Waals surface area contributed by atoms with Crippen molar-refractivity contribution in [3.8, 4) is 29.0 Å². The lowest BCUT2D eigenvalue weighted by Gasteiger charge is -2.18. The first-order valence-corrected chi connectivity index (χ1v) is 10.2. The van der Waals surface area contributed by atoms with Gasteiger partial charge in [-0.15, -0.1) is 0 Å². The number of ether oxygens (including phenoxy) is 1. The number of fused-ring (bicyclic) bond motifs is 1. The van der Waals surface area contributed by atoms with E-state index in [1.165, 1.54) is 12.3 Å². The third-order valence-electron chi connectivity index (χ3n) is 5.02. The molecule has 3 heterocycles. The predicted octanol–water partition coefficient (Wildman–Crippen LogP) is 4.09. The molecule has 0 spiro atoms. The highest BCUT2D eigenvalue weighted by Gasteiger charge is 2.18. The van der Waals surface area contributed by atoms with E-state index in [1.54, 1.807) is 34.4 Å². The molecule has 0 aliphatic heterocycles. The molecule has 4 aromatic rings. The zero-order valence-corrected chi connectivity index (χ0v) is 18.5. The molecule has 2 N–H and O–H groups in total. The summed E-state index contributed by atoms with van der Waals surface area (Å²) in [6.45, 7) is 6.94. The smallest absolute Gasteiger partial charge is 0.328 e. The van der Waals surface area contributed by atoms with Crippen LogP contribution in [-0.4, -0.2) is 19.1 Å². The van der Waals surface area contributed by atoms with Gasteiger partial charge in [0, 0.05) is 31.4 Å². The van der Waals surface area contributed by atoms with Gasteiger partial charge < -0.3 is 10.5 Å². The largest absolute Gasteiger partial charge is 0.437 e. The monoisotopic (exact) mass is 428 g/mol. The summed E-state index contributed by atoms with van der Waals surface area (Å²) in [5.74, 6) is 0.655. The molecule has 162 valence electrons. The zero-order valence-electron chi connectivity index (χ0n) is 18.5. The molecule has 0 atom stereocenters. The van der Waals surface area contributed by atoms with Gasteiger partial charge in [-0.05, 0) is 35.7 Å². The molecule has 3 aromatic heterocycles. The molecule has 0 aliphatic rings. The minimum Gasteiger partial charge on any atom is -0.437 e. The summed E-state index contributed by atoms with van der Waals surface area (Å²) in [6.07, 6.45) is 1.49. The number of anilines is 1. The van der Waals surface area contributed by atoms with Crippen molar-refractivity contribution in [2.24, 2.45) is 12.5 Å². The number of benzene rings is 1. The molecule has 32 heavy (non-hydrogen) atoms. The first-order valence-electron chi connectivity index (χ1n) is 10.2. The molecular formula is C24H24N6O2. The predicted molar refractivity (Wildman–Crippen MR) is 123 cm³/mol. The van der Waals surface area contributed by atoms with Gasteiger partial charge >= 0.3 is 5.69 Å². The summed E-state index contributed by atoms with van der Waals surface area (Å²) >= 11 is 0. The minimum absolute atomic E-state index is 0.0279. The van der Waals surface area contributed by atoms with E-state index in [9.17, 15) is 4.79 Å². The van der Waals surface area contributed by atoms with Crippen LogP contribution in [0.25, 0.3) is 22.3 Å². The molecule has 8 heteroatoms. The molecule has 1 aromatic carbocycles. The molecule has 0 bridgehead atoms. The lowest BCUT2D eigenvalue weighted by molar-refractivity contribution is 0.342. The van der Waals surface area contributed by atoms with Crippen LogP contribution in [0.3, 0.4) is 0 Å². The Morgan fingerprint density at radius 1 is 1.12 bits per heavy atom. The van der Waals surface area contributed by atoms with Crippen molar-refractivity contribution in [3.63, 3.8) is 0 Å². The first kappa shape index (κ1) is 21.1. The second kappa shape index (κ2) is 7.85. The normalized spacial score (nSPS) is 11.5. The Labute approximate surface area is 185 Å². The lowest BCUT2D eigenvalue weighted by atomic mass is 9.97. The molecular weight excluding hydrogens is 404 g/mol. The fraction of sp³-hybridized carbons (Fsp3) is 0.250. The van der Waals surface area contributed by atoms with Gasteiger partial charge in [-0.25, -0.2) is 14.8 Å². The van der Waals surface area contributed by atoms with Crippen molar-refractivity contribution < 1.29 is 4.74 Å². The van der Waals surface area contributed by atoms with E-state index in [-0.39, 0.29) is 22.7 Å². The number of nitrogen functional groups attached to an aromatic ring is 1. The maximum absolute atomic E-state index is 12.8. The molecule has 0 unspecified atom stereocenters. The Morgan fingerprint density at radius 2 is 1.91 bits per heavy atom. The van der Waals surface area contributed by atoms with Gasteiger partial charge in [-0.2, -0.15) is 5.26 Å². The number of nitrogens with zero attached hydrogens (tertiary/aromatic N) is 5. The van der Waals surface area contributed by atoms with Gasteiger partial charge in [0.1, 0.15) is 17.5 Å². The Morgan fingerprint density at radius 3 is 2.62 bits per heavy atom. The number of rotatable bonds is 4. The summed E-state index contributed by atoms with van der Waals surface area (Å²) in [6, 6.07) is 14.5. The van der Waals surface area contributed by atoms with Crippen LogP contribution in [0.5, 0.6) is 11.6 Å². The molecule has 4 rings (SSSR count). The number of imidazole rings is 1. The average Bonchev–Trinajstić information content (AvgIpc) is 2.98. The average molecular weight is 428 g/mol. The topological polar surface area (TPSA) is 112 Å². The summed E-state index contributed by atoms with van der Waals surface area (Å²) in [5, 5.41) is 9.03. The van der Waals surface area contributed by atoms with Crippen LogP contribution in [0.15, 0.2) is 53.5 Å². The van der Waals surface area contributed by atoms with E-state index in [0.29, 0.717) is 23.7 Å². The van der Waals surface area contributed by atoms with Crippen LogP contribution >= 0.6 is 0 Å². The van der Waals surface area contributed by atoms with Gasteiger partial charge in [0.25, 0.3) is 0 Å². The third kappa shape index (κ3) is 4.05.